The van der Waals surface area contributed by atoms with Crippen molar-refractivity contribution in [1.29, 1.82) is 0 Å². The number of rotatable bonds is 1. The van der Waals surface area contributed by atoms with Crippen LogP contribution in [0.15, 0.2) is 103 Å². The Kier molecular flexibility index (Phi) is 3.44. The highest BCUT2D eigenvalue weighted by Gasteiger charge is 2.56. The summed E-state index contributed by atoms with van der Waals surface area (Å²) in [4.78, 5) is 0. The van der Waals surface area contributed by atoms with Crippen molar-refractivity contribution in [3.8, 4) is 17.2 Å². The van der Waals surface area contributed by atoms with Crippen LogP contribution in [0.25, 0.3) is 0 Å². The van der Waals surface area contributed by atoms with Gasteiger partial charge in [0.15, 0.2) is 0 Å². The molecule has 4 aromatic rings. The fraction of sp³-hybridized carbons (Fsp3) is 0.0417. The van der Waals surface area contributed by atoms with Crippen LogP contribution in [0.5, 0.6) is 17.2 Å². The number of hydrogen-bond donors (Lipinski definition) is 0. The summed E-state index contributed by atoms with van der Waals surface area (Å²) in [5.74, 6) is 2.24. The summed E-state index contributed by atoms with van der Waals surface area (Å²) < 4.78 is 21.6. The zero-order chi connectivity index (χ0) is 19.3. The summed E-state index contributed by atoms with van der Waals surface area (Å²) in [6, 6.07) is 30.3. The van der Waals surface area contributed by atoms with Crippen LogP contribution in [0.4, 0.5) is 0 Å². The van der Waals surface area contributed by atoms with Crippen LogP contribution in [0.2, 0.25) is 0 Å². The first kappa shape index (κ1) is 16.2. The first-order valence-electron chi connectivity index (χ1n) is 9.78. The van der Waals surface area contributed by atoms with Crippen LogP contribution in [0, 0.1) is 0 Å². The van der Waals surface area contributed by atoms with Gasteiger partial charge in [0, 0.05) is 22.6 Å². The molecule has 2 bridgehead atoms. The van der Waals surface area contributed by atoms with Crippen molar-refractivity contribution < 1.29 is 18.4 Å². The standard InChI is InChI=1S/C24H18BNO3/c1-8-16-26(17-9-1)25-27-21-13-5-2-10-18(21)24(19-11-3-6-14-22(19)28-25)20-12-4-7-15-23(20)29-25/h1-17,24H. The average molecular weight is 379 g/mol. The van der Waals surface area contributed by atoms with Crippen molar-refractivity contribution in [1.82, 2.24) is 0 Å². The highest BCUT2D eigenvalue weighted by Crippen LogP contribution is 2.48. The van der Waals surface area contributed by atoms with E-state index in [0.29, 0.717) is 0 Å². The minimum absolute atomic E-state index is 0.0477. The van der Waals surface area contributed by atoms with Crippen molar-refractivity contribution in [2.45, 2.75) is 5.92 Å². The van der Waals surface area contributed by atoms with Gasteiger partial charge in [0.25, 0.3) is 0 Å². The third-order valence-corrected chi connectivity index (χ3v) is 5.62. The smallest absolute Gasteiger partial charge is 0.582 e. The summed E-state index contributed by atoms with van der Waals surface area (Å²) in [6.07, 6.45) is 3.82. The molecule has 3 aliphatic heterocycles. The van der Waals surface area contributed by atoms with Crippen LogP contribution in [0.1, 0.15) is 22.6 Å². The van der Waals surface area contributed by atoms with Crippen LogP contribution in [-0.4, -0.2) is 6.89 Å². The summed E-state index contributed by atoms with van der Waals surface area (Å²) in [7, 11) is 0. The molecular weight excluding hydrogens is 361 g/mol. The Balaban J connectivity index is 1.75. The molecule has 3 aliphatic rings. The average Bonchev–Trinajstić information content (AvgIpc) is 2.75. The van der Waals surface area contributed by atoms with E-state index in [1.807, 2.05) is 71.5 Å². The second-order valence-electron chi connectivity index (χ2n) is 7.33. The Morgan fingerprint density at radius 3 is 1.38 bits per heavy atom. The largest absolute Gasteiger partial charge is 0.878 e. The molecule has 4 heterocycles. The molecule has 0 amide bonds. The predicted octanol–water partition coefficient (Wildman–Crippen LogP) is 4.30. The van der Waals surface area contributed by atoms with Gasteiger partial charge in [-0.2, -0.15) is 0 Å². The highest BCUT2D eigenvalue weighted by atomic mass is 16.8. The molecule has 7 rings (SSSR count). The van der Waals surface area contributed by atoms with Gasteiger partial charge in [0.05, 0.1) is 17.2 Å². The van der Waals surface area contributed by atoms with Gasteiger partial charge in [0.2, 0.25) is 0 Å². The van der Waals surface area contributed by atoms with E-state index in [1.54, 1.807) is 0 Å². The Morgan fingerprint density at radius 2 is 0.931 bits per heavy atom. The van der Waals surface area contributed by atoms with E-state index in [2.05, 4.69) is 36.4 Å². The minimum atomic E-state index is -2.38. The maximum atomic E-state index is 6.58. The number of aromatic nitrogens is 1. The van der Waals surface area contributed by atoms with Gasteiger partial charge < -0.3 is 18.4 Å². The third kappa shape index (κ3) is 2.44. The molecule has 0 N–H and O–H groups in total. The molecule has 3 aromatic carbocycles. The molecule has 0 unspecified atom stereocenters. The van der Waals surface area contributed by atoms with E-state index in [4.69, 9.17) is 14.0 Å². The molecule has 0 radical (unpaired) electrons. The lowest BCUT2D eigenvalue weighted by Gasteiger charge is -2.43. The quantitative estimate of drug-likeness (QED) is 0.462. The van der Waals surface area contributed by atoms with Gasteiger partial charge in [0.1, 0.15) is 12.4 Å². The Bertz CT molecular complexity index is 1090. The molecule has 140 valence electrons. The molecular formula is C24H18BNO3. The number of pyridine rings is 1. The predicted molar refractivity (Wildman–Crippen MR) is 110 cm³/mol. The highest BCUT2D eigenvalue weighted by molar-refractivity contribution is 6.54. The van der Waals surface area contributed by atoms with Crippen LogP contribution < -0.4 is 18.4 Å². The molecule has 0 saturated carbocycles. The fourth-order valence-corrected chi connectivity index (χ4v) is 4.34. The number of benzene rings is 3. The normalized spacial score (nSPS) is 21.0. The SMILES string of the molecule is c1cc[n+]([B-]23Oc4ccccc4C(c4ccccc4O2)c2ccccc2O3)cc1. The summed E-state index contributed by atoms with van der Waals surface area (Å²) in [5, 5.41) is 0. The topological polar surface area (TPSA) is 31.6 Å². The lowest BCUT2D eigenvalue weighted by Crippen LogP contribution is -2.77. The van der Waals surface area contributed by atoms with Crippen molar-refractivity contribution in [2.75, 3.05) is 0 Å². The van der Waals surface area contributed by atoms with Crippen LogP contribution >= 0.6 is 0 Å². The van der Waals surface area contributed by atoms with E-state index in [9.17, 15) is 0 Å². The van der Waals surface area contributed by atoms with Gasteiger partial charge in [-0.3, -0.25) is 0 Å². The van der Waals surface area contributed by atoms with E-state index < -0.39 is 6.89 Å². The molecule has 0 atom stereocenters. The first-order valence-corrected chi connectivity index (χ1v) is 9.78. The second-order valence-corrected chi connectivity index (χ2v) is 7.33. The maximum absolute atomic E-state index is 6.58. The zero-order valence-corrected chi connectivity index (χ0v) is 15.6. The molecule has 0 fully saturated rings. The summed E-state index contributed by atoms with van der Waals surface area (Å²) in [6.45, 7) is -2.38. The van der Waals surface area contributed by atoms with Gasteiger partial charge in [-0.05, 0) is 30.3 Å². The van der Waals surface area contributed by atoms with Crippen molar-refractivity contribution in [3.63, 3.8) is 0 Å². The van der Waals surface area contributed by atoms with E-state index >= 15 is 0 Å². The van der Waals surface area contributed by atoms with Gasteiger partial charge in [-0.15, -0.1) is 0 Å². The molecule has 0 spiro atoms. The number of hydrogen-bond acceptors (Lipinski definition) is 3. The first-order chi connectivity index (χ1) is 14.3. The lowest BCUT2D eigenvalue weighted by atomic mass is 9.79. The summed E-state index contributed by atoms with van der Waals surface area (Å²) >= 11 is 0. The van der Waals surface area contributed by atoms with Crippen LogP contribution in [0.3, 0.4) is 0 Å². The fourth-order valence-electron chi connectivity index (χ4n) is 4.34. The molecule has 4 nitrogen and oxygen atoms in total. The van der Waals surface area contributed by atoms with Gasteiger partial charge >= 0.3 is 6.89 Å². The molecule has 5 heteroatoms. The lowest BCUT2D eigenvalue weighted by molar-refractivity contribution is -0.584. The monoisotopic (exact) mass is 379 g/mol. The minimum Gasteiger partial charge on any atom is -0.582 e. The Labute approximate surface area is 169 Å². The Hall–Kier alpha value is -3.73. The molecule has 29 heavy (non-hydrogen) atoms. The molecule has 0 aliphatic carbocycles. The van der Waals surface area contributed by atoms with Gasteiger partial charge in [-0.25, -0.2) is 0 Å². The van der Waals surface area contributed by atoms with E-state index in [1.165, 1.54) is 0 Å². The third-order valence-electron chi connectivity index (χ3n) is 5.62. The second kappa shape index (κ2) is 6.14. The van der Waals surface area contributed by atoms with Crippen molar-refractivity contribution >= 4 is 6.89 Å². The number of para-hydroxylation sites is 3. The maximum Gasteiger partial charge on any atom is 0.878 e. The van der Waals surface area contributed by atoms with Crippen molar-refractivity contribution in [2.24, 2.45) is 0 Å². The van der Waals surface area contributed by atoms with Crippen LogP contribution in [-0.2, 0) is 0 Å². The molecule has 1 aromatic heterocycles. The van der Waals surface area contributed by atoms with Gasteiger partial charge in [-0.1, -0.05) is 60.7 Å². The van der Waals surface area contributed by atoms with E-state index in [0.717, 1.165) is 33.9 Å². The van der Waals surface area contributed by atoms with E-state index in [-0.39, 0.29) is 5.92 Å². The summed E-state index contributed by atoms with van der Waals surface area (Å²) in [5.41, 5.74) is 3.30. The molecule has 0 saturated heterocycles. The number of nitrogens with zero attached hydrogens (tertiary/aromatic N) is 1. The zero-order valence-electron chi connectivity index (χ0n) is 15.6. The van der Waals surface area contributed by atoms with Crippen molar-refractivity contribution in [3.05, 3.63) is 120 Å². The Morgan fingerprint density at radius 1 is 0.517 bits per heavy atom.